The SMILES string of the molecule is CNCC1CCC1N(Cc1cccs1)C1CC1. The third kappa shape index (κ3) is 2.56. The lowest BCUT2D eigenvalue weighted by Gasteiger charge is -2.44. The zero-order chi connectivity index (χ0) is 11.7. The molecular formula is C14H22N2S. The summed E-state index contributed by atoms with van der Waals surface area (Å²) in [4.78, 5) is 4.32. The standard InChI is InChI=1S/C14H22N2S/c1-15-9-11-4-7-14(11)16(12-5-6-12)10-13-3-2-8-17-13/h2-3,8,11-12,14-15H,4-7,9-10H2,1H3. The zero-order valence-corrected chi connectivity index (χ0v) is 11.4. The highest BCUT2D eigenvalue weighted by Crippen LogP contribution is 2.40. The van der Waals surface area contributed by atoms with Gasteiger partial charge in [-0.2, -0.15) is 0 Å². The predicted octanol–water partition coefficient (Wildman–Crippen LogP) is 2.71. The fourth-order valence-corrected chi connectivity index (χ4v) is 3.71. The molecule has 2 atom stereocenters. The lowest BCUT2D eigenvalue weighted by Crippen LogP contribution is -2.50. The average Bonchev–Trinajstić information content (AvgIpc) is 3.03. The highest BCUT2D eigenvalue weighted by molar-refractivity contribution is 7.09. The lowest BCUT2D eigenvalue weighted by atomic mass is 9.78. The van der Waals surface area contributed by atoms with Gasteiger partial charge in [-0.1, -0.05) is 6.07 Å². The second-order valence-corrected chi connectivity index (χ2v) is 6.48. The van der Waals surface area contributed by atoms with Gasteiger partial charge in [0.15, 0.2) is 0 Å². The summed E-state index contributed by atoms with van der Waals surface area (Å²) in [5, 5.41) is 5.55. The molecule has 2 saturated carbocycles. The Morgan fingerprint density at radius 2 is 2.24 bits per heavy atom. The summed E-state index contributed by atoms with van der Waals surface area (Å²) in [5.74, 6) is 0.889. The molecule has 1 aromatic rings. The van der Waals surface area contributed by atoms with Gasteiger partial charge in [0.25, 0.3) is 0 Å². The minimum atomic E-state index is 0.844. The van der Waals surface area contributed by atoms with Crippen LogP contribution in [0.2, 0.25) is 0 Å². The van der Waals surface area contributed by atoms with Gasteiger partial charge < -0.3 is 5.32 Å². The Bertz CT molecular complexity index is 345. The Hall–Kier alpha value is -0.380. The fourth-order valence-electron chi connectivity index (χ4n) is 2.99. The second kappa shape index (κ2) is 5.09. The first-order valence-corrected chi connectivity index (χ1v) is 7.69. The summed E-state index contributed by atoms with van der Waals surface area (Å²) in [7, 11) is 2.08. The Labute approximate surface area is 108 Å². The minimum Gasteiger partial charge on any atom is -0.319 e. The number of hydrogen-bond acceptors (Lipinski definition) is 3. The quantitative estimate of drug-likeness (QED) is 0.835. The van der Waals surface area contributed by atoms with Crippen molar-refractivity contribution in [3.05, 3.63) is 22.4 Å². The monoisotopic (exact) mass is 250 g/mol. The van der Waals surface area contributed by atoms with E-state index in [-0.39, 0.29) is 0 Å². The van der Waals surface area contributed by atoms with E-state index in [9.17, 15) is 0 Å². The molecule has 94 valence electrons. The van der Waals surface area contributed by atoms with E-state index in [1.807, 2.05) is 11.3 Å². The molecule has 0 aliphatic heterocycles. The Balaban J connectivity index is 1.64. The molecule has 2 fully saturated rings. The first-order chi connectivity index (χ1) is 8.38. The van der Waals surface area contributed by atoms with Crippen LogP contribution in [0.3, 0.4) is 0 Å². The van der Waals surface area contributed by atoms with Crippen molar-refractivity contribution in [2.24, 2.45) is 5.92 Å². The molecule has 1 aromatic heterocycles. The van der Waals surface area contributed by atoms with E-state index in [2.05, 4.69) is 34.8 Å². The number of nitrogens with zero attached hydrogens (tertiary/aromatic N) is 1. The van der Waals surface area contributed by atoms with Crippen molar-refractivity contribution >= 4 is 11.3 Å². The molecule has 0 saturated heterocycles. The van der Waals surface area contributed by atoms with Crippen LogP contribution in [-0.2, 0) is 6.54 Å². The third-order valence-electron chi connectivity index (χ3n) is 4.20. The average molecular weight is 250 g/mol. The van der Waals surface area contributed by atoms with Gasteiger partial charge in [-0.25, -0.2) is 0 Å². The van der Waals surface area contributed by atoms with E-state index >= 15 is 0 Å². The van der Waals surface area contributed by atoms with Crippen LogP contribution in [-0.4, -0.2) is 30.6 Å². The highest BCUT2D eigenvalue weighted by Gasteiger charge is 2.41. The molecule has 1 heterocycles. The smallest absolute Gasteiger partial charge is 0.0333 e. The number of rotatable bonds is 6. The predicted molar refractivity (Wildman–Crippen MR) is 73.3 cm³/mol. The molecule has 0 radical (unpaired) electrons. The maximum absolute atomic E-state index is 3.35. The molecule has 2 nitrogen and oxygen atoms in total. The van der Waals surface area contributed by atoms with E-state index in [1.165, 1.54) is 43.6 Å². The van der Waals surface area contributed by atoms with Crippen molar-refractivity contribution in [2.45, 2.75) is 44.3 Å². The number of thiophene rings is 1. The summed E-state index contributed by atoms with van der Waals surface area (Å²) in [5.41, 5.74) is 0. The lowest BCUT2D eigenvalue weighted by molar-refractivity contribution is 0.0502. The van der Waals surface area contributed by atoms with Gasteiger partial charge in [-0.05, 0) is 56.6 Å². The van der Waals surface area contributed by atoms with Gasteiger partial charge in [-0.3, -0.25) is 4.90 Å². The van der Waals surface area contributed by atoms with Gasteiger partial charge in [0.2, 0.25) is 0 Å². The van der Waals surface area contributed by atoms with E-state index in [4.69, 9.17) is 0 Å². The molecule has 0 amide bonds. The van der Waals surface area contributed by atoms with Crippen LogP contribution in [0, 0.1) is 5.92 Å². The molecule has 3 rings (SSSR count). The number of hydrogen-bond donors (Lipinski definition) is 1. The van der Waals surface area contributed by atoms with Crippen molar-refractivity contribution in [3.63, 3.8) is 0 Å². The van der Waals surface area contributed by atoms with Crippen LogP contribution >= 0.6 is 11.3 Å². The minimum absolute atomic E-state index is 0.844. The van der Waals surface area contributed by atoms with E-state index in [0.717, 1.165) is 18.0 Å². The van der Waals surface area contributed by atoms with Crippen LogP contribution in [0.5, 0.6) is 0 Å². The first kappa shape index (κ1) is 11.7. The van der Waals surface area contributed by atoms with Crippen molar-refractivity contribution in [1.82, 2.24) is 10.2 Å². The van der Waals surface area contributed by atoms with Gasteiger partial charge in [-0.15, -0.1) is 11.3 Å². The fraction of sp³-hybridized carbons (Fsp3) is 0.714. The molecule has 2 unspecified atom stereocenters. The zero-order valence-electron chi connectivity index (χ0n) is 10.6. The van der Waals surface area contributed by atoms with E-state index < -0.39 is 0 Å². The molecule has 17 heavy (non-hydrogen) atoms. The molecule has 0 aromatic carbocycles. The second-order valence-electron chi connectivity index (χ2n) is 5.45. The topological polar surface area (TPSA) is 15.3 Å². The maximum Gasteiger partial charge on any atom is 0.0333 e. The summed E-state index contributed by atoms with van der Waals surface area (Å²) in [6, 6.07) is 6.20. The van der Waals surface area contributed by atoms with Crippen LogP contribution in [0.15, 0.2) is 17.5 Å². The highest BCUT2D eigenvalue weighted by atomic mass is 32.1. The van der Waals surface area contributed by atoms with Crippen LogP contribution in [0.25, 0.3) is 0 Å². The Morgan fingerprint density at radius 3 is 2.76 bits per heavy atom. The Morgan fingerprint density at radius 1 is 1.35 bits per heavy atom. The molecule has 3 heteroatoms. The first-order valence-electron chi connectivity index (χ1n) is 6.81. The van der Waals surface area contributed by atoms with Crippen molar-refractivity contribution in [1.29, 1.82) is 0 Å². The summed E-state index contributed by atoms with van der Waals surface area (Å²) >= 11 is 1.91. The van der Waals surface area contributed by atoms with Crippen LogP contribution in [0.4, 0.5) is 0 Å². The van der Waals surface area contributed by atoms with Crippen LogP contribution < -0.4 is 5.32 Å². The van der Waals surface area contributed by atoms with Gasteiger partial charge in [0, 0.05) is 23.5 Å². The summed E-state index contributed by atoms with van der Waals surface area (Å²) in [6.07, 6.45) is 5.68. The van der Waals surface area contributed by atoms with Gasteiger partial charge >= 0.3 is 0 Å². The largest absolute Gasteiger partial charge is 0.319 e. The molecule has 0 spiro atoms. The normalized spacial score (nSPS) is 28.4. The van der Waals surface area contributed by atoms with Crippen molar-refractivity contribution in [3.8, 4) is 0 Å². The molecular weight excluding hydrogens is 228 g/mol. The maximum atomic E-state index is 3.35. The summed E-state index contributed by atoms with van der Waals surface area (Å²) in [6.45, 7) is 2.38. The molecule has 2 aliphatic rings. The number of nitrogens with one attached hydrogen (secondary N) is 1. The van der Waals surface area contributed by atoms with E-state index in [1.54, 1.807) is 0 Å². The van der Waals surface area contributed by atoms with E-state index in [0.29, 0.717) is 0 Å². The van der Waals surface area contributed by atoms with Gasteiger partial charge in [0.1, 0.15) is 0 Å². The van der Waals surface area contributed by atoms with Gasteiger partial charge in [0.05, 0.1) is 0 Å². The molecule has 1 N–H and O–H groups in total. The third-order valence-corrected chi connectivity index (χ3v) is 5.07. The Kier molecular flexibility index (Phi) is 3.50. The molecule has 2 aliphatic carbocycles. The molecule has 0 bridgehead atoms. The van der Waals surface area contributed by atoms with Crippen molar-refractivity contribution < 1.29 is 0 Å². The summed E-state index contributed by atoms with van der Waals surface area (Å²) < 4.78 is 0. The van der Waals surface area contributed by atoms with Crippen LogP contribution in [0.1, 0.15) is 30.6 Å². The van der Waals surface area contributed by atoms with Crippen molar-refractivity contribution in [2.75, 3.05) is 13.6 Å².